The molecule has 15 heavy (non-hydrogen) atoms. The highest BCUT2D eigenvalue weighted by Gasteiger charge is 2.58. The van der Waals surface area contributed by atoms with Crippen LogP contribution < -0.4 is 0 Å². The van der Waals surface area contributed by atoms with E-state index in [0.29, 0.717) is 0 Å². The number of ether oxygens (including phenoxy) is 1. The van der Waals surface area contributed by atoms with E-state index < -0.39 is 30.3 Å². The summed E-state index contributed by atoms with van der Waals surface area (Å²) in [6.45, 7) is 1.67. The van der Waals surface area contributed by atoms with Crippen LogP contribution in [-0.4, -0.2) is 30.3 Å². The molecule has 0 radical (unpaired) electrons. The Morgan fingerprint density at radius 2 is 1.40 bits per heavy atom. The van der Waals surface area contributed by atoms with Crippen LogP contribution in [0.1, 0.15) is 13.8 Å². The summed E-state index contributed by atoms with van der Waals surface area (Å²) in [7, 11) is 0. The van der Waals surface area contributed by atoms with E-state index in [0.717, 1.165) is 13.8 Å². The molecule has 0 aromatic heterocycles. The maximum Gasteiger partial charge on any atom is 0.423 e. The van der Waals surface area contributed by atoms with Gasteiger partial charge in [-0.25, -0.2) is 0 Å². The van der Waals surface area contributed by atoms with Crippen LogP contribution in [0.4, 0.5) is 26.3 Å². The Morgan fingerprint density at radius 3 is 1.60 bits per heavy atom. The number of ketones is 1. The van der Waals surface area contributed by atoms with Crippen LogP contribution in [0, 0.1) is 0 Å². The summed E-state index contributed by atoms with van der Waals surface area (Å²) in [6, 6.07) is 0. The Bertz CT molecular complexity index is 217. The molecule has 0 aliphatic rings. The Kier molecular flexibility index (Phi) is 4.15. The number of Topliss-reactive ketones (excluding diaryl/α,β-unsaturated/α-hetero) is 1. The smallest absolute Gasteiger partial charge is 0.350 e. The zero-order chi connectivity index (χ0) is 12.4. The van der Waals surface area contributed by atoms with Gasteiger partial charge in [0.2, 0.25) is 6.10 Å². The van der Waals surface area contributed by atoms with Crippen molar-refractivity contribution >= 4 is 5.78 Å². The fourth-order valence-corrected chi connectivity index (χ4v) is 0.640. The topological polar surface area (TPSA) is 26.3 Å². The van der Waals surface area contributed by atoms with Gasteiger partial charge in [-0.3, -0.25) is 4.79 Å². The fourth-order valence-electron chi connectivity index (χ4n) is 0.640. The molecule has 0 rings (SSSR count). The molecule has 0 aliphatic carbocycles. The third kappa shape index (κ3) is 4.50. The van der Waals surface area contributed by atoms with Gasteiger partial charge in [0, 0.05) is 0 Å². The molecule has 1 unspecified atom stereocenters. The lowest BCUT2D eigenvalue weighted by Crippen LogP contribution is -2.47. The number of alkyl halides is 6. The lowest BCUT2D eigenvalue weighted by molar-refractivity contribution is -0.326. The van der Waals surface area contributed by atoms with Crippen molar-refractivity contribution in [1.82, 2.24) is 0 Å². The van der Waals surface area contributed by atoms with E-state index in [1.165, 1.54) is 0 Å². The predicted octanol–water partition coefficient (Wildman–Crippen LogP) is 2.47. The maximum absolute atomic E-state index is 11.9. The summed E-state index contributed by atoms with van der Waals surface area (Å²) in [5.74, 6) is -0.909. The van der Waals surface area contributed by atoms with Crippen molar-refractivity contribution < 1.29 is 35.9 Å². The largest absolute Gasteiger partial charge is 0.423 e. The third-order valence-corrected chi connectivity index (χ3v) is 1.51. The van der Waals surface area contributed by atoms with Crippen LogP contribution in [-0.2, 0) is 9.53 Å². The van der Waals surface area contributed by atoms with Crippen molar-refractivity contribution in [1.29, 1.82) is 0 Å². The molecule has 90 valence electrons. The van der Waals surface area contributed by atoms with Crippen molar-refractivity contribution in [2.75, 3.05) is 0 Å². The molecule has 8 heteroatoms. The van der Waals surface area contributed by atoms with Gasteiger partial charge in [-0.05, 0) is 13.8 Å². The number of carbonyl (C=O) groups excluding carboxylic acids is 1. The second-order valence-electron chi connectivity index (χ2n) is 2.85. The highest BCUT2D eigenvalue weighted by atomic mass is 19.4. The first-order chi connectivity index (χ1) is 6.46. The fraction of sp³-hybridized carbons (Fsp3) is 0.857. The van der Waals surface area contributed by atoms with E-state index >= 15 is 0 Å². The SMILES string of the molecule is CC(=O)C(C)OC(C(F)(F)F)C(F)(F)F. The maximum atomic E-state index is 11.9. The summed E-state index contributed by atoms with van der Waals surface area (Å²) in [6.07, 6.45) is -16.8. The zero-order valence-electron chi connectivity index (χ0n) is 7.74. The average molecular weight is 238 g/mol. The van der Waals surface area contributed by atoms with Gasteiger partial charge in [-0.2, -0.15) is 26.3 Å². The number of carbonyl (C=O) groups is 1. The molecule has 0 fully saturated rings. The van der Waals surface area contributed by atoms with E-state index in [9.17, 15) is 31.1 Å². The average Bonchev–Trinajstić information content (AvgIpc) is 1.94. The number of rotatable bonds is 3. The lowest BCUT2D eigenvalue weighted by Gasteiger charge is -2.25. The molecule has 0 aromatic rings. The van der Waals surface area contributed by atoms with Crippen LogP contribution in [0.25, 0.3) is 0 Å². The van der Waals surface area contributed by atoms with Gasteiger partial charge in [0.15, 0.2) is 5.78 Å². The summed E-state index contributed by atoms with van der Waals surface area (Å²) in [5, 5.41) is 0. The Morgan fingerprint density at radius 1 is 1.07 bits per heavy atom. The first kappa shape index (κ1) is 14.2. The second-order valence-corrected chi connectivity index (χ2v) is 2.85. The van der Waals surface area contributed by atoms with Gasteiger partial charge >= 0.3 is 12.4 Å². The minimum absolute atomic E-state index is 0.826. The minimum Gasteiger partial charge on any atom is -0.350 e. The first-order valence-corrected chi connectivity index (χ1v) is 3.75. The Labute approximate surface area is 81.2 Å². The highest BCUT2D eigenvalue weighted by Crippen LogP contribution is 2.36. The van der Waals surface area contributed by atoms with E-state index in [1.807, 2.05) is 0 Å². The number of hydrogen-bond acceptors (Lipinski definition) is 2. The lowest BCUT2D eigenvalue weighted by atomic mass is 10.2. The summed E-state index contributed by atoms with van der Waals surface area (Å²) < 4.78 is 74.9. The molecule has 0 amide bonds. The van der Waals surface area contributed by atoms with Crippen LogP contribution in [0.3, 0.4) is 0 Å². The van der Waals surface area contributed by atoms with Crippen LogP contribution in [0.15, 0.2) is 0 Å². The van der Waals surface area contributed by atoms with Gasteiger partial charge < -0.3 is 4.74 Å². The molecule has 0 heterocycles. The molecule has 0 aromatic carbocycles. The summed E-state index contributed by atoms with van der Waals surface area (Å²) in [4.78, 5) is 10.5. The van der Waals surface area contributed by atoms with Crippen molar-refractivity contribution in [3.8, 4) is 0 Å². The van der Waals surface area contributed by atoms with Gasteiger partial charge in [-0.1, -0.05) is 0 Å². The van der Waals surface area contributed by atoms with Crippen LogP contribution >= 0.6 is 0 Å². The molecule has 1 atom stereocenters. The van der Waals surface area contributed by atoms with E-state index in [4.69, 9.17) is 0 Å². The standard InChI is InChI=1S/C7H8F6O2/c1-3(14)4(2)15-5(6(8,9)10)7(11,12)13/h4-5H,1-2H3. The molecule has 0 N–H and O–H groups in total. The monoisotopic (exact) mass is 238 g/mol. The highest BCUT2D eigenvalue weighted by molar-refractivity contribution is 5.79. The molecular weight excluding hydrogens is 230 g/mol. The van der Waals surface area contributed by atoms with Gasteiger partial charge in [0.25, 0.3) is 0 Å². The Hall–Kier alpha value is -0.790. The van der Waals surface area contributed by atoms with Crippen molar-refractivity contribution in [2.45, 2.75) is 38.4 Å². The first-order valence-electron chi connectivity index (χ1n) is 3.75. The van der Waals surface area contributed by atoms with E-state index in [1.54, 1.807) is 0 Å². The van der Waals surface area contributed by atoms with E-state index in [-0.39, 0.29) is 0 Å². The quantitative estimate of drug-likeness (QED) is 0.706. The zero-order valence-corrected chi connectivity index (χ0v) is 7.74. The molecule has 2 nitrogen and oxygen atoms in total. The van der Waals surface area contributed by atoms with Crippen molar-refractivity contribution in [2.24, 2.45) is 0 Å². The molecule has 0 saturated carbocycles. The number of halogens is 6. The van der Waals surface area contributed by atoms with Gasteiger partial charge in [0.1, 0.15) is 6.10 Å². The minimum atomic E-state index is -5.58. The normalized spacial score (nSPS) is 15.5. The molecule has 0 spiro atoms. The number of hydrogen-bond donors (Lipinski definition) is 0. The molecule has 0 bridgehead atoms. The predicted molar refractivity (Wildman–Crippen MR) is 37.1 cm³/mol. The molecular formula is C7H8F6O2. The Balaban J connectivity index is 4.77. The summed E-state index contributed by atoms with van der Waals surface area (Å²) >= 11 is 0. The van der Waals surface area contributed by atoms with Crippen LogP contribution in [0.2, 0.25) is 0 Å². The summed E-state index contributed by atoms with van der Waals surface area (Å²) in [5.41, 5.74) is 0. The molecule has 0 aliphatic heterocycles. The van der Waals surface area contributed by atoms with Crippen molar-refractivity contribution in [3.05, 3.63) is 0 Å². The molecule has 0 saturated heterocycles. The van der Waals surface area contributed by atoms with E-state index in [2.05, 4.69) is 4.74 Å². The van der Waals surface area contributed by atoms with Gasteiger partial charge in [0.05, 0.1) is 0 Å². The van der Waals surface area contributed by atoms with Gasteiger partial charge in [-0.15, -0.1) is 0 Å². The van der Waals surface area contributed by atoms with Crippen molar-refractivity contribution in [3.63, 3.8) is 0 Å². The van der Waals surface area contributed by atoms with Crippen LogP contribution in [0.5, 0.6) is 0 Å². The third-order valence-electron chi connectivity index (χ3n) is 1.51. The second kappa shape index (κ2) is 4.38.